The molecule has 35 heavy (non-hydrogen) atoms. The maximum Gasteiger partial charge on any atom is 0.337 e. The Kier molecular flexibility index (Phi) is 5.69. The van der Waals surface area contributed by atoms with Crippen molar-refractivity contribution in [2.75, 3.05) is 0 Å². The van der Waals surface area contributed by atoms with Crippen LogP contribution >= 0.6 is 0 Å². The third kappa shape index (κ3) is 4.11. The standard InChI is InChI=1S/C27H28F2N4O2/c1-27(2,3)18-10-8-17(9-11-18)15-31-16-30-24-23(31)25(34)32(20-6-4-5-7-20)26(35)33(24)22-13-12-19(28)14-21(22)29/h8-14,16,20H,4-7,15H2,1-3H3. The largest absolute Gasteiger partial charge is 0.337 e. The number of benzene rings is 2. The summed E-state index contributed by atoms with van der Waals surface area (Å²) in [6.07, 6.45) is 4.74. The number of hydrogen-bond acceptors (Lipinski definition) is 3. The second-order valence-electron chi connectivity index (χ2n) is 10.3. The highest BCUT2D eigenvalue weighted by Gasteiger charge is 2.27. The number of fused-ring (bicyclic) bond motifs is 1. The van der Waals surface area contributed by atoms with Crippen molar-refractivity contribution in [1.29, 1.82) is 0 Å². The van der Waals surface area contributed by atoms with Gasteiger partial charge in [-0.3, -0.25) is 9.36 Å². The Labute approximate surface area is 201 Å². The third-order valence-corrected chi connectivity index (χ3v) is 6.86. The molecule has 5 rings (SSSR count). The fraction of sp³-hybridized carbons (Fsp3) is 0.370. The maximum absolute atomic E-state index is 14.8. The highest BCUT2D eigenvalue weighted by atomic mass is 19.1. The molecule has 1 fully saturated rings. The van der Waals surface area contributed by atoms with Crippen LogP contribution in [0.3, 0.4) is 0 Å². The van der Waals surface area contributed by atoms with Crippen molar-refractivity contribution in [3.63, 3.8) is 0 Å². The Morgan fingerprint density at radius 1 is 1.00 bits per heavy atom. The van der Waals surface area contributed by atoms with E-state index < -0.39 is 22.9 Å². The normalized spacial score (nSPS) is 14.8. The quantitative estimate of drug-likeness (QED) is 0.411. The molecule has 1 aliphatic rings. The van der Waals surface area contributed by atoms with E-state index in [1.165, 1.54) is 22.5 Å². The van der Waals surface area contributed by atoms with Crippen LogP contribution in [0.15, 0.2) is 58.4 Å². The van der Waals surface area contributed by atoms with Crippen LogP contribution in [0.1, 0.15) is 63.6 Å². The minimum absolute atomic E-state index is 0.0184. The van der Waals surface area contributed by atoms with Crippen molar-refractivity contribution in [2.24, 2.45) is 0 Å². The van der Waals surface area contributed by atoms with Gasteiger partial charge in [0, 0.05) is 18.7 Å². The van der Waals surface area contributed by atoms with E-state index >= 15 is 0 Å². The molecule has 8 heteroatoms. The summed E-state index contributed by atoms with van der Waals surface area (Å²) in [5.74, 6) is -1.64. The molecule has 0 radical (unpaired) electrons. The van der Waals surface area contributed by atoms with Gasteiger partial charge < -0.3 is 4.57 Å². The predicted octanol–water partition coefficient (Wildman–Crippen LogP) is 5.09. The van der Waals surface area contributed by atoms with E-state index in [9.17, 15) is 18.4 Å². The summed E-state index contributed by atoms with van der Waals surface area (Å²) in [4.78, 5) is 31.5. The Balaban J connectivity index is 1.71. The molecular formula is C27H28F2N4O2. The minimum atomic E-state index is -0.891. The number of hydrogen-bond donors (Lipinski definition) is 0. The van der Waals surface area contributed by atoms with Crippen LogP contribution in [0, 0.1) is 11.6 Å². The number of imidazole rings is 1. The lowest BCUT2D eigenvalue weighted by molar-refractivity contribution is 0.472. The summed E-state index contributed by atoms with van der Waals surface area (Å²) in [5.41, 5.74) is 1.25. The summed E-state index contributed by atoms with van der Waals surface area (Å²) in [6.45, 7) is 6.80. The first-order valence-electron chi connectivity index (χ1n) is 11.9. The molecule has 1 saturated carbocycles. The van der Waals surface area contributed by atoms with Gasteiger partial charge in [-0.1, -0.05) is 57.9 Å². The van der Waals surface area contributed by atoms with Crippen molar-refractivity contribution in [2.45, 2.75) is 64.5 Å². The maximum atomic E-state index is 14.8. The van der Waals surface area contributed by atoms with E-state index in [1.807, 2.05) is 12.1 Å². The Bertz CT molecular complexity index is 1520. The summed E-state index contributed by atoms with van der Waals surface area (Å²) in [7, 11) is 0. The second-order valence-corrected chi connectivity index (χ2v) is 10.3. The lowest BCUT2D eigenvalue weighted by Gasteiger charge is -2.19. The van der Waals surface area contributed by atoms with Crippen molar-refractivity contribution >= 4 is 11.2 Å². The van der Waals surface area contributed by atoms with Crippen LogP contribution < -0.4 is 11.2 Å². The summed E-state index contributed by atoms with van der Waals surface area (Å²) < 4.78 is 32.5. The zero-order valence-electron chi connectivity index (χ0n) is 20.1. The van der Waals surface area contributed by atoms with Crippen molar-refractivity contribution in [3.8, 4) is 5.69 Å². The molecule has 0 saturated heterocycles. The molecule has 0 spiro atoms. The predicted molar refractivity (Wildman–Crippen MR) is 131 cm³/mol. The highest BCUT2D eigenvalue weighted by Crippen LogP contribution is 2.28. The monoisotopic (exact) mass is 478 g/mol. The SMILES string of the molecule is CC(C)(C)c1ccc(Cn2cnc3c2c(=O)n(C2CCCC2)c(=O)n3-c2ccc(F)cc2F)cc1. The molecule has 2 aromatic heterocycles. The second kappa shape index (κ2) is 8.59. The number of aromatic nitrogens is 4. The molecule has 0 unspecified atom stereocenters. The molecule has 0 atom stereocenters. The van der Waals surface area contributed by atoms with Crippen molar-refractivity contribution < 1.29 is 8.78 Å². The van der Waals surface area contributed by atoms with E-state index in [2.05, 4.69) is 37.9 Å². The lowest BCUT2D eigenvalue weighted by atomic mass is 9.87. The fourth-order valence-corrected chi connectivity index (χ4v) is 4.94. The van der Waals surface area contributed by atoms with Crippen LogP contribution in [0.25, 0.3) is 16.9 Å². The number of rotatable bonds is 4. The Hall–Kier alpha value is -3.55. The number of halogens is 2. The molecule has 4 aromatic rings. The van der Waals surface area contributed by atoms with Crippen molar-refractivity contribution in [3.05, 3.63) is 92.4 Å². The van der Waals surface area contributed by atoms with Gasteiger partial charge in [-0.15, -0.1) is 0 Å². The first-order valence-corrected chi connectivity index (χ1v) is 11.9. The Morgan fingerprint density at radius 3 is 2.31 bits per heavy atom. The van der Waals surface area contributed by atoms with Gasteiger partial charge in [-0.25, -0.2) is 23.1 Å². The van der Waals surface area contributed by atoms with Crippen molar-refractivity contribution in [1.82, 2.24) is 18.7 Å². The average Bonchev–Trinajstić information content (AvgIpc) is 3.46. The Morgan fingerprint density at radius 2 is 1.69 bits per heavy atom. The molecule has 6 nitrogen and oxygen atoms in total. The molecule has 1 aliphatic carbocycles. The zero-order valence-corrected chi connectivity index (χ0v) is 20.1. The molecular weight excluding hydrogens is 450 g/mol. The van der Waals surface area contributed by atoms with Gasteiger partial charge in [0.15, 0.2) is 11.2 Å². The van der Waals surface area contributed by atoms with Crippen LogP contribution in [0.2, 0.25) is 0 Å². The van der Waals surface area contributed by atoms with Gasteiger partial charge >= 0.3 is 5.69 Å². The zero-order chi connectivity index (χ0) is 24.9. The molecule has 0 aliphatic heterocycles. The van der Waals surface area contributed by atoms with E-state index in [1.54, 1.807) is 4.57 Å². The molecule has 2 heterocycles. The van der Waals surface area contributed by atoms with E-state index in [-0.39, 0.29) is 28.3 Å². The lowest BCUT2D eigenvalue weighted by Crippen LogP contribution is -2.42. The minimum Gasteiger partial charge on any atom is -0.320 e. The molecule has 0 amide bonds. The molecule has 182 valence electrons. The van der Waals surface area contributed by atoms with Gasteiger partial charge in [0.25, 0.3) is 5.56 Å². The average molecular weight is 479 g/mol. The van der Waals surface area contributed by atoms with Gasteiger partial charge in [0.05, 0.1) is 12.0 Å². The van der Waals surface area contributed by atoms with Gasteiger partial charge in [-0.05, 0) is 41.5 Å². The van der Waals surface area contributed by atoms with Crippen LogP contribution in [-0.4, -0.2) is 18.7 Å². The smallest absolute Gasteiger partial charge is 0.320 e. The van der Waals surface area contributed by atoms with E-state index in [4.69, 9.17) is 0 Å². The van der Waals surface area contributed by atoms with Gasteiger partial charge in [0.1, 0.15) is 11.6 Å². The first kappa shape index (κ1) is 23.2. The van der Waals surface area contributed by atoms with Crippen LogP contribution in [0.5, 0.6) is 0 Å². The van der Waals surface area contributed by atoms with Crippen LogP contribution in [0.4, 0.5) is 8.78 Å². The third-order valence-electron chi connectivity index (χ3n) is 6.86. The van der Waals surface area contributed by atoms with Crippen LogP contribution in [-0.2, 0) is 12.0 Å². The van der Waals surface area contributed by atoms with Gasteiger partial charge in [-0.2, -0.15) is 0 Å². The summed E-state index contributed by atoms with van der Waals surface area (Å²) in [6, 6.07) is 10.9. The topological polar surface area (TPSA) is 61.8 Å². The highest BCUT2D eigenvalue weighted by molar-refractivity contribution is 5.72. The molecule has 2 aromatic carbocycles. The number of nitrogens with zero attached hydrogens (tertiary/aromatic N) is 4. The van der Waals surface area contributed by atoms with Gasteiger partial charge in [0.2, 0.25) is 0 Å². The molecule has 0 N–H and O–H groups in total. The fourth-order valence-electron chi connectivity index (χ4n) is 4.94. The first-order chi connectivity index (χ1) is 16.6. The molecule has 0 bridgehead atoms. The summed E-state index contributed by atoms with van der Waals surface area (Å²) in [5, 5.41) is 0. The van der Waals surface area contributed by atoms with E-state index in [0.717, 1.165) is 35.1 Å². The van der Waals surface area contributed by atoms with E-state index in [0.29, 0.717) is 19.4 Å². The summed E-state index contributed by atoms with van der Waals surface area (Å²) >= 11 is 0.